The van der Waals surface area contributed by atoms with Crippen molar-refractivity contribution in [1.29, 1.82) is 0 Å². The third-order valence-corrected chi connectivity index (χ3v) is 5.35. The second kappa shape index (κ2) is 8.75. The van der Waals surface area contributed by atoms with E-state index in [1.165, 1.54) is 24.3 Å². The normalized spacial score (nSPS) is 19.4. The number of carbonyl (C=O) groups is 1. The second-order valence-electron chi connectivity index (χ2n) is 7.14. The molecule has 3 rings (SSSR count). The predicted octanol–water partition coefficient (Wildman–Crippen LogP) is 3.41. The first-order valence-electron chi connectivity index (χ1n) is 9.21. The summed E-state index contributed by atoms with van der Waals surface area (Å²) in [7, 11) is -3.68. The number of anilines is 1. The third-order valence-electron chi connectivity index (χ3n) is 4.78. The van der Waals surface area contributed by atoms with Crippen molar-refractivity contribution in [2.75, 3.05) is 24.3 Å². The lowest BCUT2D eigenvalue weighted by molar-refractivity contribution is -0.137. The number of halogens is 3. The molecule has 0 spiro atoms. The van der Waals surface area contributed by atoms with E-state index in [0.717, 1.165) is 18.4 Å². The van der Waals surface area contributed by atoms with Gasteiger partial charge in [0.1, 0.15) is 11.9 Å². The molecule has 168 valence electrons. The fourth-order valence-electron chi connectivity index (χ4n) is 3.35. The van der Waals surface area contributed by atoms with E-state index in [1.54, 1.807) is 12.1 Å². The first-order valence-corrected chi connectivity index (χ1v) is 11.0. The van der Waals surface area contributed by atoms with Crippen LogP contribution in [0, 0.1) is 0 Å². The fraction of sp³-hybridized carbons (Fsp3) is 0.350. The molecule has 1 saturated heterocycles. The van der Waals surface area contributed by atoms with E-state index in [4.69, 9.17) is 14.0 Å². The highest BCUT2D eigenvalue weighted by Crippen LogP contribution is 2.32. The van der Waals surface area contributed by atoms with E-state index in [-0.39, 0.29) is 17.9 Å². The number of carboxylic acids is 1. The molecule has 1 aliphatic heterocycles. The zero-order valence-electron chi connectivity index (χ0n) is 16.4. The molecule has 31 heavy (non-hydrogen) atoms. The first-order chi connectivity index (χ1) is 14.4. The topological polar surface area (TPSA) is 93.1 Å². The molecule has 0 aliphatic carbocycles. The zero-order valence-corrected chi connectivity index (χ0v) is 17.2. The largest absolute Gasteiger partial charge is 0.489 e. The predicted molar refractivity (Wildman–Crippen MR) is 106 cm³/mol. The minimum atomic E-state index is -4.45. The maximum Gasteiger partial charge on any atom is 0.416 e. The summed E-state index contributed by atoms with van der Waals surface area (Å²) in [4.78, 5) is 12.9. The number of nitrogens with zero attached hydrogens (tertiary/aromatic N) is 1. The van der Waals surface area contributed by atoms with Crippen LogP contribution in [0.2, 0.25) is 0 Å². The van der Waals surface area contributed by atoms with Crippen LogP contribution >= 0.6 is 0 Å². The van der Waals surface area contributed by atoms with Gasteiger partial charge in [-0.05, 0) is 48.5 Å². The van der Waals surface area contributed by atoms with E-state index < -0.39 is 40.0 Å². The van der Waals surface area contributed by atoms with Crippen LogP contribution in [0.25, 0.3) is 0 Å². The van der Waals surface area contributed by atoms with Crippen molar-refractivity contribution in [2.45, 2.75) is 24.7 Å². The van der Waals surface area contributed by atoms with Gasteiger partial charge < -0.3 is 14.7 Å². The SMILES string of the molecule is CS(=O)(=O)OC[C@@H]1C[C@H](Oc2ccc(C(F)(F)F)cc2)CN1c1ccc(C(=O)O)cc1. The molecule has 0 unspecified atom stereocenters. The van der Waals surface area contributed by atoms with Gasteiger partial charge in [-0.3, -0.25) is 4.18 Å². The van der Waals surface area contributed by atoms with Crippen LogP contribution in [0.1, 0.15) is 22.3 Å². The van der Waals surface area contributed by atoms with Crippen LogP contribution in [-0.4, -0.2) is 51.0 Å². The van der Waals surface area contributed by atoms with Crippen molar-refractivity contribution < 1.29 is 40.4 Å². The van der Waals surface area contributed by atoms with Crippen LogP contribution in [0.3, 0.4) is 0 Å². The van der Waals surface area contributed by atoms with Crippen molar-refractivity contribution in [1.82, 2.24) is 0 Å². The van der Waals surface area contributed by atoms with E-state index in [2.05, 4.69) is 0 Å². The van der Waals surface area contributed by atoms with Gasteiger partial charge in [0.05, 0.1) is 36.6 Å². The molecule has 0 bridgehead atoms. The van der Waals surface area contributed by atoms with Gasteiger partial charge >= 0.3 is 12.1 Å². The first kappa shape index (κ1) is 22.9. The quantitative estimate of drug-likeness (QED) is 0.635. The zero-order chi connectivity index (χ0) is 22.8. The van der Waals surface area contributed by atoms with Crippen LogP contribution in [0.4, 0.5) is 18.9 Å². The summed E-state index contributed by atoms with van der Waals surface area (Å²) >= 11 is 0. The van der Waals surface area contributed by atoms with Crippen molar-refractivity contribution in [2.24, 2.45) is 0 Å². The number of rotatable bonds is 7. The number of alkyl halides is 3. The van der Waals surface area contributed by atoms with Gasteiger partial charge in [0, 0.05) is 12.1 Å². The third kappa shape index (κ3) is 6.11. The van der Waals surface area contributed by atoms with E-state index in [9.17, 15) is 26.4 Å². The van der Waals surface area contributed by atoms with E-state index in [1.807, 2.05) is 4.90 Å². The fourth-order valence-corrected chi connectivity index (χ4v) is 3.75. The van der Waals surface area contributed by atoms with Crippen LogP contribution < -0.4 is 9.64 Å². The summed E-state index contributed by atoms with van der Waals surface area (Å²) in [6.07, 6.45) is -3.59. The molecule has 2 aromatic carbocycles. The second-order valence-corrected chi connectivity index (χ2v) is 8.79. The maximum absolute atomic E-state index is 12.7. The lowest BCUT2D eigenvalue weighted by Gasteiger charge is -2.26. The van der Waals surface area contributed by atoms with Crippen molar-refractivity contribution in [3.63, 3.8) is 0 Å². The number of ether oxygens (including phenoxy) is 1. The van der Waals surface area contributed by atoms with Crippen molar-refractivity contribution in [3.05, 3.63) is 59.7 Å². The summed E-state index contributed by atoms with van der Waals surface area (Å²) in [5, 5.41) is 9.05. The van der Waals surface area contributed by atoms with Crippen molar-refractivity contribution in [3.8, 4) is 5.75 Å². The summed E-state index contributed by atoms with van der Waals surface area (Å²) < 4.78 is 71.7. The molecule has 0 radical (unpaired) electrons. The van der Waals surface area contributed by atoms with Gasteiger partial charge in [-0.15, -0.1) is 0 Å². The highest BCUT2D eigenvalue weighted by atomic mass is 32.2. The maximum atomic E-state index is 12.7. The van der Waals surface area contributed by atoms with Gasteiger partial charge in [0.15, 0.2) is 0 Å². The molecule has 7 nitrogen and oxygen atoms in total. The molecule has 0 aromatic heterocycles. The number of hydrogen-bond acceptors (Lipinski definition) is 6. The van der Waals surface area contributed by atoms with Crippen molar-refractivity contribution >= 4 is 21.8 Å². The Morgan fingerprint density at radius 3 is 2.26 bits per heavy atom. The lowest BCUT2D eigenvalue weighted by atomic mass is 10.1. The number of benzene rings is 2. The van der Waals surface area contributed by atoms with Gasteiger partial charge in [0.2, 0.25) is 0 Å². The average Bonchev–Trinajstić information content (AvgIpc) is 3.08. The Hall–Kier alpha value is -2.79. The molecule has 1 N–H and O–H groups in total. The van der Waals surface area contributed by atoms with Crippen LogP contribution in [-0.2, 0) is 20.5 Å². The Morgan fingerprint density at radius 2 is 1.74 bits per heavy atom. The van der Waals surface area contributed by atoms with Gasteiger partial charge in [-0.2, -0.15) is 21.6 Å². The smallest absolute Gasteiger partial charge is 0.416 e. The number of aromatic carboxylic acids is 1. The summed E-state index contributed by atoms with van der Waals surface area (Å²) in [6.45, 7) is 0.164. The number of carboxylic acid groups (broad SMARTS) is 1. The summed E-state index contributed by atoms with van der Waals surface area (Å²) in [5.74, 6) is -0.822. The minimum absolute atomic E-state index is 0.101. The Morgan fingerprint density at radius 1 is 1.13 bits per heavy atom. The monoisotopic (exact) mass is 459 g/mol. The summed E-state index contributed by atoms with van der Waals surface area (Å²) in [5.41, 5.74) is -0.0408. The summed E-state index contributed by atoms with van der Waals surface area (Å²) in [6, 6.07) is 9.96. The van der Waals surface area contributed by atoms with E-state index >= 15 is 0 Å². The van der Waals surface area contributed by atoms with E-state index in [0.29, 0.717) is 18.7 Å². The highest BCUT2D eigenvalue weighted by Gasteiger charge is 2.35. The molecular formula is C20H20F3NO6S. The molecule has 0 saturated carbocycles. The Labute approximate surface area is 177 Å². The van der Waals surface area contributed by atoms with Gasteiger partial charge in [0.25, 0.3) is 10.1 Å². The van der Waals surface area contributed by atoms with Crippen LogP contribution in [0.15, 0.2) is 48.5 Å². The minimum Gasteiger partial charge on any atom is -0.489 e. The molecule has 1 aliphatic rings. The molecule has 2 atom stereocenters. The Bertz CT molecular complexity index is 1020. The Balaban J connectivity index is 1.76. The van der Waals surface area contributed by atoms with Gasteiger partial charge in [-0.1, -0.05) is 0 Å². The number of hydrogen-bond donors (Lipinski definition) is 1. The average molecular weight is 459 g/mol. The highest BCUT2D eigenvalue weighted by molar-refractivity contribution is 7.85. The molecule has 1 fully saturated rings. The molecule has 2 aromatic rings. The van der Waals surface area contributed by atoms with Crippen LogP contribution in [0.5, 0.6) is 5.75 Å². The van der Waals surface area contributed by atoms with Gasteiger partial charge in [-0.25, -0.2) is 4.79 Å². The molecule has 11 heteroatoms. The standard InChI is InChI=1S/C20H20F3NO6S/c1-31(27,28)29-12-16-10-18(30-17-8-4-14(5-9-17)20(21,22)23)11-24(16)15-6-2-13(3-7-15)19(25)26/h2-9,16,18H,10-12H2,1H3,(H,25,26)/t16-,18-/m0/s1. The molecular weight excluding hydrogens is 439 g/mol. The molecule has 1 heterocycles. The molecule has 0 amide bonds. The Kier molecular flexibility index (Phi) is 6.46. The lowest BCUT2D eigenvalue weighted by Crippen LogP contribution is -2.34.